The van der Waals surface area contributed by atoms with Crippen molar-refractivity contribution in [3.63, 3.8) is 0 Å². The van der Waals surface area contributed by atoms with E-state index in [1.807, 2.05) is 0 Å². The second-order valence-electron chi connectivity index (χ2n) is 5.65. The van der Waals surface area contributed by atoms with Gasteiger partial charge in [0.2, 0.25) is 0 Å². The molecule has 0 bridgehead atoms. The quantitative estimate of drug-likeness (QED) is 0.610. The van der Waals surface area contributed by atoms with Crippen molar-refractivity contribution in [2.45, 2.75) is 58.5 Å². The number of hydrogen-bond donors (Lipinski definition) is 1. The molecule has 0 heterocycles. The Morgan fingerprint density at radius 3 is 2.46 bits per heavy atom. The first-order valence-electron chi connectivity index (χ1n) is 5.79. The van der Waals surface area contributed by atoms with Crippen molar-refractivity contribution in [1.29, 1.82) is 0 Å². The van der Waals surface area contributed by atoms with Crippen LogP contribution in [-0.2, 0) is 0 Å². The summed E-state index contributed by atoms with van der Waals surface area (Å²) in [5.41, 5.74) is 0.490. The maximum atomic E-state index is 9.94. The van der Waals surface area contributed by atoms with E-state index >= 15 is 0 Å². The van der Waals surface area contributed by atoms with E-state index in [9.17, 15) is 5.11 Å². The summed E-state index contributed by atoms with van der Waals surface area (Å²) in [6.45, 7) is 4.78. The van der Waals surface area contributed by atoms with E-state index in [1.165, 1.54) is 32.1 Å². The third kappa shape index (κ3) is 1.63. The monoisotopic (exact) mass is 182 g/mol. The number of rotatable bonds is 0. The highest BCUT2D eigenvalue weighted by Crippen LogP contribution is 2.50. The van der Waals surface area contributed by atoms with Gasteiger partial charge in [-0.2, -0.15) is 0 Å². The minimum Gasteiger partial charge on any atom is -0.393 e. The van der Waals surface area contributed by atoms with Crippen LogP contribution in [0.3, 0.4) is 0 Å². The fourth-order valence-corrected chi connectivity index (χ4v) is 3.51. The standard InChI is InChI=1S/C12H22O/c1-12(2)8-7-11(13)9-5-3-4-6-10(9)12/h9-11,13H,3-8H2,1-2H3. The van der Waals surface area contributed by atoms with Crippen molar-refractivity contribution in [2.75, 3.05) is 0 Å². The Morgan fingerprint density at radius 2 is 1.77 bits per heavy atom. The Bertz CT molecular complexity index is 186. The third-order valence-corrected chi connectivity index (χ3v) is 4.40. The molecule has 76 valence electrons. The zero-order valence-electron chi connectivity index (χ0n) is 8.92. The minimum absolute atomic E-state index is 0.0123. The molecular weight excluding hydrogens is 160 g/mol. The smallest absolute Gasteiger partial charge is 0.0571 e. The summed E-state index contributed by atoms with van der Waals surface area (Å²) in [5, 5.41) is 9.94. The lowest BCUT2D eigenvalue weighted by atomic mass is 9.58. The fourth-order valence-electron chi connectivity index (χ4n) is 3.51. The zero-order chi connectivity index (χ0) is 9.47. The van der Waals surface area contributed by atoms with E-state index in [-0.39, 0.29) is 6.10 Å². The van der Waals surface area contributed by atoms with Gasteiger partial charge in [-0.1, -0.05) is 26.7 Å². The zero-order valence-corrected chi connectivity index (χ0v) is 8.92. The maximum Gasteiger partial charge on any atom is 0.0571 e. The molecule has 2 fully saturated rings. The Balaban J connectivity index is 2.14. The lowest BCUT2D eigenvalue weighted by Crippen LogP contribution is -2.44. The molecule has 1 heteroatoms. The normalized spacial score (nSPS) is 44.1. The van der Waals surface area contributed by atoms with Gasteiger partial charge < -0.3 is 5.11 Å². The second-order valence-corrected chi connectivity index (χ2v) is 5.65. The first-order chi connectivity index (χ1) is 6.11. The molecule has 1 nitrogen and oxygen atoms in total. The molecule has 0 aromatic heterocycles. The lowest BCUT2D eigenvalue weighted by molar-refractivity contribution is -0.0539. The van der Waals surface area contributed by atoms with Crippen LogP contribution in [0, 0.1) is 17.3 Å². The highest BCUT2D eigenvalue weighted by molar-refractivity contribution is 4.94. The van der Waals surface area contributed by atoms with Gasteiger partial charge in [0.1, 0.15) is 0 Å². The van der Waals surface area contributed by atoms with E-state index in [1.54, 1.807) is 0 Å². The molecule has 2 saturated carbocycles. The molecule has 0 aromatic carbocycles. The van der Waals surface area contributed by atoms with Crippen molar-refractivity contribution >= 4 is 0 Å². The second kappa shape index (κ2) is 3.27. The van der Waals surface area contributed by atoms with Gasteiger partial charge in [-0.25, -0.2) is 0 Å². The SMILES string of the molecule is CC1(C)CCC(O)C2CCCCC21. The van der Waals surface area contributed by atoms with E-state index < -0.39 is 0 Å². The van der Waals surface area contributed by atoms with Crippen molar-refractivity contribution in [3.05, 3.63) is 0 Å². The largest absolute Gasteiger partial charge is 0.393 e. The van der Waals surface area contributed by atoms with E-state index in [2.05, 4.69) is 13.8 Å². The summed E-state index contributed by atoms with van der Waals surface area (Å²) in [7, 11) is 0. The Hall–Kier alpha value is -0.0400. The molecule has 13 heavy (non-hydrogen) atoms. The summed E-state index contributed by atoms with van der Waals surface area (Å²) >= 11 is 0. The highest BCUT2D eigenvalue weighted by atomic mass is 16.3. The Morgan fingerprint density at radius 1 is 1.08 bits per heavy atom. The van der Waals surface area contributed by atoms with Gasteiger partial charge in [-0.05, 0) is 42.9 Å². The Kier molecular flexibility index (Phi) is 2.39. The molecule has 0 spiro atoms. The first kappa shape index (κ1) is 9.51. The number of fused-ring (bicyclic) bond motifs is 1. The molecule has 0 amide bonds. The van der Waals surface area contributed by atoms with E-state index in [0.717, 1.165) is 12.3 Å². The van der Waals surface area contributed by atoms with Gasteiger partial charge in [0.25, 0.3) is 0 Å². The van der Waals surface area contributed by atoms with Gasteiger partial charge in [0.05, 0.1) is 6.10 Å². The van der Waals surface area contributed by atoms with Crippen molar-refractivity contribution in [1.82, 2.24) is 0 Å². The molecule has 0 aliphatic heterocycles. The van der Waals surface area contributed by atoms with Crippen molar-refractivity contribution in [2.24, 2.45) is 17.3 Å². The Labute approximate surface area is 81.5 Å². The van der Waals surface area contributed by atoms with Gasteiger partial charge in [-0.15, -0.1) is 0 Å². The van der Waals surface area contributed by atoms with Crippen LogP contribution in [-0.4, -0.2) is 11.2 Å². The van der Waals surface area contributed by atoms with Gasteiger partial charge in [0, 0.05) is 0 Å². The molecular formula is C12H22O. The summed E-state index contributed by atoms with van der Waals surface area (Å²) in [6, 6.07) is 0. The summed E-state index contributed by atoms with van der Waals surface area (Å²) in [6.07, 6.45) is 7.62. The predicted octanol–water partition coefficient (Wildman–Crippen LogP) is 2.97. The van der Waals surface area contributed by atoms with Crippen LogP contribution >= 0.6 is 0 Å². The molecule has 3 atom stereocenters. The molecule has 0 radical (unpaired) electrons. The predicted molar refractivity (Wildman–Crippen MR) is 54.5 cm³/mol. The molecule has 3 unspecified atom stereocenters. The van der Waals surface area contributed by atoms with Crippen LogP contribution < -0.4 is 0 Å². The molecule has 2 aliphatic rings. The molecule has 0 saturated heterocycles. The van der Waals surface area contributed by atoms with E-state index in [4.69, 9.17) is 0 Å². The van der Waals surface area contributed by atoms with E-state index in [0.29, 0.717) is 11.3 Å². The van der Waals surface area contributed by atoms with Crippen molar-refractivity contribution in [3.8, 4) is 0 Å². The number of aliphatic hydroxyl groups excluding tert-OH is 1. The average Bonchev–Trinajstić information content (AvgIpc) is 2.13. The summed E-state index contributed by atoms with van der Waals surface area (Å²) in [5.74, 6) is 1.42. The topological polar surface area (TPSA) is 20.2 Å². The molecule has 0 aromatic rings. The summed E-state index contributed by atoms with van der Waals surface area (Å²) in [4.78, 5) is 0. The van der Waals surface area contributed by atoms with Crippen molar-refractivity contribution < 1.29 is 5.11 Å². The van der Waals surface area contributed by atoms with Gasteiger partial charge in [-0.3, -0.25) is 0 Å². The van der Waals surface area contributed by atoms with Gasteiger partial charge >= 0.3 is 0 Å². The molecule has 2 aliphatic carbocycles. The molecule has 2 rings (SSSR count). The number of hydrogen-bond acceptors (Lipinski definition) is 1. The first-order valence-corrected chi connectivity index (χ1v) is 5.79. The third-order valence-electron chi connectivity index (χ3n) is 4.40. The van der Waals surface area contributed by atoms with Crippen LogP contribution in [0.5, 0.6) is 0 Å². The van der Waals surface area contributed by atoms with Crippen LogP contribution in [0.2, 0.25) is 0 Å². The maximum absolute atomic E-state index is 9.94. The lowest BCUT2D eigenvalue weighted by Gasteiger charge is -2.49. The average molecular weight is 182 g/mol. The van der Waals surface area contributed by atoms with Gasteiger partial charge in [0.15, 0.2) is 0 Å². The van der Waals surface area contributed by atoms with Crippen LogP contribution in [0.4, 0.5) is 0 Å². The summed E-state index contributed by atoms with van der Waals surface area (Å²) < 4.78 is 0. The molecule has 1 N–H and O–H groups in total. The minimum atomic E-state index is 0.0123. The number of aliphatic hydroxyl groups is 1. The van der Waals surface area contributed by atoms with Crippen LogP contribution in [0.1, 0.15) is 52.4 Å². The van der Waals surface area contributed by atoms with Crippen LogP contribution in [0.25, 0.3) is 0 Å². The van der Waals surface area contributed by atoms with Crippen LogP contribution in [0.15, 0.2) is 0 Å². The fraction of sp³-hybridized carbons (Fsp3) is 1.00. The highest BCUT2D eigenvalue weighted by Gasteiger charge is 2.43.